The van der Waals surface area contributed by atoms with Gasteiger partial charge in [-0.15, -0.1) is 0 Å². The summed E-state index contributed by atoms with van der Waals surface area (Å²) in [5, 5.41) is 0. The molecule has 0 radical (unpaired) electrons. The van der Waals surface area contributed by atoms with E-state index in [1.54, 1.807) is 0 Å². The average Bonchev–Trinajstić information content (AvgIpc) is 3.07. The molecule has 140 valence electrons. The van der Waals surface area contributed by atoms with Gasteiger partial charge >= 0.3 is 0 Å². The van der Waals surface area contributed by atoms with Crippen molar-refractivity contribution in [3.8, 4) is 0 Å². The summed E-state index contributed by atoms with van der Waals surface area (Å²) < 4.78 is 54.4. The van der Waals surface area contributed by atoms with Crippen LogP contribution in [0.2, 0.25) is 0 Å². The Labute approximate surface area is 150 Å². The van der Waals surface area contributed by atoms with Gasteiger partial charge < -0.3 is 4.90 Å². The minimum absolute atomic E-state index is 0.0127. The standard InChI is InChI=1S/C16H25N3O4S2/c1-18-10-12-19(13-11-18)25(22,23)16-8-6-15(7-9-16)24(20,21)17-14-4-2-3-5-14/h6-9,14,17H,2-5,10-13H2,1H3/p+1. The van der Waals surface area contributed by atoms with Crippen LogP contribution in [0.5, 0.6) is 0 Å². The van der Waals surface area contributed by atoms with Crippen molar-refractivity contribution in [3.05, 3.63) is 24.3 Å². The van der Waals surface area contributed by atoms with E-state index in [0.29, 0.717) is 13.1 Å². The molecule has 1 aliphatic heterocycles. The maximum Gasteiger partial charge on any atom is 0.243 e. The number of piperazine rings is 1. The van der Waals surface area contributed by atoms with Crippen LogP contribution in [0, 0.1) is 0 Å². The molecule has 0 amide bonds. The lowest BCUT2D eigenvalue weighted by Gasteiger charge is -2.29. The van der Waals surface area contributed by atoms with E-state index in [1.165, 1.54) is 33.5 Å². The second kappa shape index (κ2) is 7.32. The molecule has 3 rings (SSSR count). The van der Waals surface area contributed by atoms with Crippen molar-refractivity contribution in [2.24, 2.45) is 0 Å². The SMILES string of the molecule is C[NH+]1CCN(S(=O)(=O)c2ccc(S(=O)(=O)NC3CCCC3)cc2)CC1. The summed E-state index contributed by atoms with van der Waals surface area (Å²) in [5.74, 6) is 0. The lowest BCUT2D eigenvalue weighted by Crippen LogP contribution is -3.12. The molecule has 1 aromatic carbocycles. The van der Waals surface area contributed by atoms with Gasteiger partial charge in [-0.1, -0.05) is 12.8 Å². The van der Waals surface area contributed by atoms with Crippen LogP contribution in [0.3, 0.4) is 0 Å². The maximum atomic E-state index is 12.7. The van der Waals surface area contributed by atoms with Crippen LogP contribution in [0.1, 0.15) is 25.7 Å². The minimum Gasteiger partial charge on any atom is -0.335 e. The van der Waals surface area contributed by atoms with Gasteiger partial charge in [0.2, 0.25) is 20.0 Å². The molecular weight excluding hydrogens is 362 g/mol. The van der Waals surface area contributed by atoms with Crippen LogP contribution in [0.4, 0.5) is 0 Å². The summed E-state index contributed by atoms with van der Waals surface area (Å²) in [6.45, 7) is 2.52. The Kier molecular flexibility index (Phi) is 5.50. The minimum atomic E-state index is -3.60. The highest BCUT2D eigenvalue weighted by Crippen LogP contribution is 2.22. The van der Waals surface area contributed by atoms with E-state index in [0.717, 1.165) is 38.8 Å². The molecule has 0 spiro atoms. The molecule has 1 saturated heterocycles. The van der Waals surface area contributed by atoms with Gasteiger partial charge in [-0.05, 0) is 37.1 Å². The van der Waals surface area contributed by atoms with E-state index in [2.05, 4.69) is 4.72 Å². The third-order valence-corrected chi connectivity index (χ3v) is 8.47. The van der Waals surface area contributed by atoms with Gasteiger partial charge in [0.1, 0.15) is 0 Å². The molecule has 2 N–H and O–H groups in total. The van der Waals surface area contributed by atoms with Gasteiger partial charge in [0.25, 0.3) is 0 Å². The summed E-state index contributed by atoms with van der Waals surface area (Å²) in [5.41, 5.74) is 0. The Bertz CT molecular complexity index is 792. The fourth-order valence-electron chi connectivity index (χ4n) is 3.38. The number of quaternary nitrogens is 1. The van der Waals surface area contributed by atoms with Crippen LogP contribution in [-0.2, 0) is 20.0 Å². The second-order valence-electron chi connectivity index (χ2n) is 6.94. The van der Waals surface area contributed by atoms with Crippen molar-refractivity contribution in [1.29, 1.82) is 0 Å². The van der Waals surface area contributed by atoms with Crippen LogP contribution in [-0.4, -0.2) is 60.4 Å². The Morgan fingerprint density at radius 1 is 0.960 bits per heavy atom. The number of likely N-dealkylation sites (N-methyl/N-ethyl adjacent to an activating group) is 1. The molecule has 25 heavy (non-hydrogen) atoms. The summed E-state index contributed by atoms with van der Waals surface area (Å²) >= 11 is 0. The lowest BCUT2D eigenvalue weighted by molar-refractivity contribution is -0.883. The molecule has 0 atom stereocenters. The highest BCUT2D eigenvalue weighted by atomic mass is 32.2. The lowest BCUT2D eigenvalue weighted by atomic mass is 10.3. The van der Waals surface area contributed by atoms with E-state index in [-0.39, 0.29) is 15.8 Å². The van der Waals surface area contributed by atoms with E-state index in [4.69, 9.17) is 0 Å². The fraction of sp³-hybridized carbons (Fsp3) is 0.625. The summed E-state index contributed by atoms with van der Waals surface area (Å²) in [7, 11) is -5.12. The van der Waals surface area contributed by atoms with Crippen LogP contribution < -0.4 is 9.62 Å². The Morgan fingerprint density at radius 2 is 1.48 bits per heavy atom. The van der Waals surface area contributed by atoms with Gasteiger partial charge in [-0.25, -0.2) is 21.6 Å². The molecule has 9 heteroatoms. The van der Waals surface area contributed by atoms with Crippen molar-refractivity contribution in [2.45, 2.75) is 41.5 Å². The van der Waals surface area contributed by atoms with E-state index in [9.17, 15) is 16.8 Å². The zero-order chi connectivity index (χ0) is 18.1. The van der Waals surface area contributed by atoms with Crippen molar-refractivity contribution < 1.29 is 21.7 Å². The zero-order valence-electron chi connectivity index (χ0n) is 14.4. The van der Waals surface area contributed by atoms with Gasteiger partial charge in [0.15, 0.2) is 0 Å². The van der Waals surface area contributed by atoms with Crippen molar-refractivity contribution in [3.63, 3.8) is 0 Å². The van der Waals surface area contributed by atoms with Crippen LogP contribution in [0.25, 0.3) is 0 Å². The Hall–Kier alpha value is -1.00. The monoisotopic (exact) mass is 388 g/mol. The highest BCUT2D eigenvalue weighted by molar-refractivity contribution is 7.89. The van der Waals surface area contributed by atoms with Crippen molar-refractivity contribution in [1.82, 2.24) is 9.03 Å². The molecular formula is C16H26N3O4S2+. The number of rotatable bonds is 5. The number of hydrogen-bond donors (Lipinski definition) is 2. The maximum absolute atomic E-state index is 12.7. The van der Waals surface area contributed by atoms with Crippen molar-refractivity contribution in [2.75, 3.05) is 33.2 Å². The quantitative estimate of drug-likeness (QED) is 0.707. The van der Waals surface area contributed by atoms with Gasteiger partial charge in [-0.2, -0.15) is 4.31 Å². The normalized spacial score (nSPS) is 21.6. The first-order valence-electron chi connectivity index (χ1n) is 8.73. The molecule has 0 unspecified atom stereocenters. The van der Waals surface area contributed by atoms with E-state index >= 15 is 0 Å². The predicted octanol–water partition coefficient (Wildman–Crippen LogP) is -0.573. The van der Waals surface area contributed by atoms with Gasteiger partial charge in [0.05, 0.1) is 43.0 Å². The molecule has 2 aliphatic rings. The summed E-state index contributed by atoms with van der Waals surface area (Å²) in [4.78, 5) is 1.57. The summed E-state index contributed by atoms with van der Waals surface area (Å²) in [6.07, 6.45) is 3.79. The Balaban J connectivity index is 1.75. The molecule has 0 aromatic heterocycles. The van der Waals surface area contributed by atoms with Crippen LogP contribution >= 0.6 is 0 Å². The molecule has 1 aliphatic carbocycles. The fourth-order valence-corrected chi connectivity index (χ4v) is 6.13. The zero-order valence-corrected chi connectivity index (χ0v) is 16.1. The largest absolute Gasteiger partial charge is 0.335 e. The molecule has 1 heterocycles. The van der Waals surface area contributed by atoms with E-state index < -0.39 is 20.0 Å². The molecule has 1 saturated carbocycles. The van der Waals surface area contributed by atoms with Crippen LogP contribution in [0.15, 0.2) is 34.1 Å². The highest BCUT2D eigenvalue weighted by Gasteiger charge is 2.29. The molecule has 1 aromatic rings. The first kappa shape index (κ1) is 18.8. The third-order valence-electron chi connectivity index (χ3n) is 5.02. The number of benzene rings is 1. The van der Waals surface area contributed by atoms with Gasteiger partial charge in [-0.3, -0.25) is 0 Å². The first-order valence-corrected chi connectivity index (χ1v) is 11.7. The smallest absolute Gasteiger partial charge is 0.243 e. The predicted molar refractivity (Wildman–Crippen MR) is 94.4 cm³/mol. The summed E-state index contributed by atoms with van der Waals surface area (Å²) in [6, 6.07) is 5.53. The number of nitrogens with zero attached hydrogens (tertiary/aromatic N) is 1. The number of hydrogen-bond acceptors (Lipinski definition) is 4. The second-order valence-corrected chi connectivity index (χ2v) is 10.6. The third kappa shape index (κ3) is 4.22. The number of sulfonamides is 2. The first-order chi connectivity index (χ1) is 11.8. The molecule has 2 fully saturated rings. The van der Waals surface area contributed by atoms with Crippen molar-refractivity contribution >= 4 is 20.0 Å². The molecule has 0 bridgehead atoms. The van der Waals surface area contributed by atoms with E-state index in [1.807, 2.05) is 7.05 Å². The number of nitrogens with one attached hydrogen (secondary N) is 2. The molecule has 7 nitrogen and oxygen atoms in total. The Morgan fingerprint density at radius 3 is 2.04 bits per heavy atom. The van der Waals surface area contributed by atoms with Gasteiger partial charge in [0, 0.05) is 6.04 Å². The topological polar surface area (TPSA) is 88.0 Å². The average molecular weight is 389 g/mol.